The lowest BCUT2D eigenvalue weighted by molar-refractivity contribution is 0.0528. The number of rotatable bonds is 6. The van der Waals surface area contributed by atoms with E-state index in [1.165, 1.54) is 12.3 Å². The van der Waals surface area contributed by atoms with Crippen molar-refractivity contribution in [2.24, 2.45) is 0 Å². The lowest BCUT2D eigenvalue weighted by Gasteiger charge is -2.28. The van der Waals surface area contributed by atoms with E-state index >= 15 is 0 Å². The van der Waals surface area contributed by atoms with Crippen molar-refractivity contribution in [3.63, 3.8) is 0 Å². The highest BCUT2D eigenvalue weighted by Crippen LogP contribution is 2.37. The predicted octanol–water partition coefficient (Wildman–Crippen LogP) is 2.92. The van der Waals surface area contributed by atoms with Crippen LogP contribution in [0.5, 0.6) is 0 Å². The van der Waals surface area contributed by atoms with E-state index in [0.29, 0.717) is 23.4 Å². The number of halogens is 1. The Labute approximate surface area is 167 Å². The smallest absolute Gasteiger partial charge is 0.343 e. The first-order valence-electron chi connectivity index (χ1n) is 9.79. The maximum Gasteiger partial charge on any atom is 0.343 e. The third-order valence-electron chi connectivity index (χ3n) is 5.24. The summed E-state index contributed by atoms with van der Waals surface area (Å²) in [6, 6.07) is 6.52. The first-order chi connectivity index (χ1) is 14.1. The number of anilines is 1. The molecule has 0 unspecified atom stereocenters. The second kappa shape index (κ2) is 8.16. The van der Waals surface area contributed by atoms with Crippen LogP contribution in [-0.2, 0) is 11.2 Å². The van der Waals surface area contributed by atoms with Gasteiger partial charge in [0, 0.05) is 19.3 Å². The Kier molecular flexibility index (Phi) is 5.44. The second-order valence-electron chi connectivity index (χ2n) is 7.00. The van der Waals surface area contributed by atoms with Gasteiger partial charge < -0.3 is 14.7 Å². The molecule has 0 amide bonds. The third kappa shape index (κ3) is 3.67. The van der Waals surface area contributed by atoms with E-state index in [9.17, 15) is 14.3 Å². The van der Waals surface area contributed by atoms with Crippen molar-refractivity contribution in [2.45, 2.75) is 32.2 Å². The normalized spacial score (nSPS) is 16.5. The van der Waals surface area contributed by atoms with Gasteiger partial charge in [0.2, 0.25) is 0 Å². The zero-order chi connectivity index (χ0) is 20.4. The number of aliphatic hydroxyl groups excluding tert-OH is 1. The van der Waals surface area contributed by atoms with Crippen molar-refractivity contribution in [3.05, 3.63) is 59.2 Å². The molecule has 8 heteroatoms. The van der Waals surface area contributed by atoms with Gasteiger partial charge in [0.05, 0.1) is 18.8 Å². The van der Waals surface area contributed by atoms with Crippen LogP contribution in [0.1, 0.15) is 47.3 Å². The lowest BCUT2D eigenvalue weighted by atomic mass is 9.96. The van der Waals surface area contributed by atoms with E-state index in [1.807, 2.05) is 6.07 Å². The van der Waals surface area contributed by atoms with E-state index in [1.54, 1.807) is 29.8 Å². The van der Waals surface area contributed by atoms with Gasteiger partial charge in [-0.25, -0.2) is 18.7 Å². The number of carbonyl (C=O) groups is 1. The zero-order valence-electron chi connectivity index (χ0n) is 16.2. The standard InChI is InChI=1S/C21H23FN4O3/c1-2-29-21(28)17-13-23-26-10-7-19(24-20(17)26)25-9-3-4-18(25)16-12-15(22)6-5-14(16)8-11-27/h5-7,10,12-13,18,27H,2-4,8-9,11H2,1H3/t18-/m1/s1. The van der Waals surface area contributed by atoms with Crippen LogP contribution in [0, 0.1) is 5.82 Å². The Morgan fingerprint density at radius 2 is 2.24 bits per heavy atom. The maximum atomic E-state index is 14.0. The van der Waals surface area contributed by atoms with E-state index in [4.69, 9.17) is 4.74 Å². The number of esters is 1. The molecule has 3 aromatic rings. The van der Waals surface area contributed by atoms with E-state index in [0.717, 1.165) is 30.5 Å². The van der Waals surface area contributed by atoms with E-state index in [2.05, 4.69) is 15.0 Å². The van der Waals surface area contributed by atoms with Crippen molar-refractivity contribution in [3.8, 4) is 0 Å². The molecule has 0 bridgehead atoms. The summed E-state index contributed by atoms with van der Waals surface area (Å²) in [4.78, 5) is 19.0. The number of aliphatic hydroxyl groups is 1. The number of ether oxygens (including phenoxy) is 1. The minimum absolute atomic E-state index is 0.00822. The van der Waals surface area contributed by atoms with Crippen LogP contribution in [0.2, 0.25) is 0 Å². The number of hydrogen-bond donors (Lipinski definition) is 1. The van der Waals surface area contributed by atoms with Gasteiger partial charge in [0.25, 0.3) is 0 Å². The number of fused-ring (bicyclic) bond motifs is 1. The molecule has 0 radical (unpaired) electrons. The van der Waals surface area contributed by atoms with E-state index in [-0.39, 0.29) is 25.1 Å². The predicted molar refractivity (Wildman–Crippen MR) is 105 cm³/mol. The summed E-state index contributed by atoms with van der Waals surface area (Å²) in [6.45, 7) is 2.80. The molecule has 1 saturated heterocycles. The summed E-state index contributed by atoms with van der Waals surface area (Å²) in [6.07, 6.45) is 5.49. The summed E-state index contributed by atoms with van der Waals surface area (Å²) in [5.41, 5.74) is 2.55. The highest BCUT2D eigenvalue weighted by atomic mass is 19.1. The Morgan fingerprint density at radius 1 is 1.38 bits per heavy atom. The molecule has 1 aliphatic heterocycles. The van der Waals surface area contributed by atoms with Gasteiger partial charge in [0.1, 0.15) is 17.2 Å². The first-order valence-corrected chi connectivity index (χ1v) is 9.79. The average molecular weight is 398 g/mol. The van der Waals surface area contributed by atoms with Gasteiger partial charge in [-0.05, 0) is 55.5 Å². The number of benzene rings is 1. The molecule has 0 saturated carbocycles. The molecule has 4 rings (SSSR count). The van der Waals surface area contributed by atoms with Crippen molar-refractivity contribution in [2.75, 3.05) is 24.7 Å². The highest BCUT2D eigenvalue weighted by molar-refractivity contribution is 5.95. The van der Waals surface area contributed by atoms with Crippen LogP contribution in [-0.4, -0.2) is 45.4 Å². The molecular formula is C21H23FN4O3. The lowest BCUT2D eigenvalue weighted by Crippen LogP contribution is -2.25. The summed E-state index contributed by atoms with van der Waals surface area (Å²) < 4.78 is 20.6. The Balaban J connectivity index is 1.72. The van der Waals surface area contributed by atoms with Gasteiger partial charge in [0.15, 0.2) is 5.65 Å². The summed E-state index contributed by atoms with van der Waals surface area (Å²) in [5, 5.41) is 13.6. The molecule has 1 N–H and O–H groups in total. The van der Waals surface area contributed by atoms with Crippen LogP contribution < -0.4 is 4.90 Å². The van der Waals surface area contributed by atoms with Crippen LogP contribution in [0.4, 0.5) is 10.2 Å². The van der Waals surface area contributed by atoms with Crippen LogP contribution in [0.3, 0.4) is 0 Å². The fourth-order valence-electron chi connectivity index (χ4n) is 3.96. The molecule has 1 atom stereocenters. The number of aromatic nitrogens is 3. The van der Waals surface area contributed by atoms with Crippen LogP contribution in [0.15, 0.2) is 36.7 Å². The van der Waals surface area contributed by atoms with Gasteiger partial charge in [-0.1, -0.05) is 6.07 Å². The Morgan fingerprint density at radius 3 is 3.03 bits per heavy atom. The summed E-state index contributed by atoms with van der Waals surface area (Å²) in [7, 11) is 0. The fourth-order valence-corrected chi connectivity index (χ4v) is 3.96. The monoisotopic (exact) mass is 398 g/mol. The SMILES string of the molecule is CCOC(=O)c1cnn2ccc(N3CCC[C@@H]3c3cc(F)ccc3CCO)nc12. The van der Waals surface area contributed by atoms with Gasteiger partial charge in [-0.3, -0.25) is 0 Å². The van der Waals surface area contributed by atoms with Crippen molar-refractivity contribution < 1.29 is 19.0 Å². The molecule has 1 aliphatic rings. The number of hydrogen-bond acceptors (Lipinski definition) is 6. The Hall–Kier alpha value is -3.00. The average Bonchev–Trinajstić information content (AvgIpc) is 3.36. The van der Waals surface area contributed by atoms with Gasteiger partial charge in [-0.2, -0.15) is 5.10 Å². The van der Waals surface area contributed by atoms with Crippen molar-refractivity contribution in [1.82, 2.24) is 14.6 Å². The molecule has 1 aromatic carbocycles. The molecule has 29 heavy (non-hydrogen) atoms. The first kappa shape index (κ1) is 19.3. The molecule has 3 heterocycles. The number of carbonyl (C=O) groups excluding carboxylic acids is 1. The minimum atomic E-state index is -0.458. The largest absolute Gasteiger partial charge is 0.462 e. The summed E-state index contributed by atoms with van der Waals surface area (Å²) >= 11 is 0. The van der Waals surface area contributed by atoms with Crippen LogP contribution in [0.25, 0.3) is 5.65 Å². The number of nitrogens with zero attached hydrogens (tertiary/aromatic N) is 4. The quantitative estimate of drug-likeness (QED) is 0.643. The zero-order valence-corrected chi connectivity index (χ0v) is 16.2. The van der Waals surface area contributed by atoms with Crippen molar-refractivity contribution in [1.29, 1.82) is 0 Å². The molecule has 7 nitrogen and oxygen atoms in total. The van der Waals surface area contributed by atoms with Gasteiger partial charge in [-0.15, -0.1) is 0 Å². The Bertz CT molecular complexity index is 1040. The highest BCUT2D eigenvalue weighted by Gasteiger charge is 2.30. The molecule has 2 aromatic heterocycles. The topological polar surface area (TPSA) is 80.0 Å². The second-order valence-corrected chi connectivity index (χ2v) is 7.00. The molecule has 0 spiro atoms. The van der Waals surface area contributed by atoms with Crippen molar-refractivity contribution >= 4 is 17.4 Å². The maximum absolute atomic E-state index is 14.0. The fraction of sp³-hybridized carbons (Fsp3) is 0.381. The van der Waals surface area contributed by atoms with Crippen LogP contribution >= 0.6 is 0 Å². The molecule has 152 valence electrons. The molecule has 0 aliphatic carbocycles. The summed E-state index contributed by atoms with van der Waals surface area (Å²) in [5.74, 6) is -0.0527. The van der Waals surface area contributed by atoms with E-state index < -0.39 is 5.97 Å². The third-order valence-corrected chi connectivity index (χ3v) is 5.24. The molecular weight excluding hydrogens is 375 g/mol. The minimum Gasteiger partial charge on any atom is -0.462 e. The van der Waals surface area contributed by atoms with Gasteiger partial charge >= 0.3 is 5.97 Å². The molecule has 1 fully saturated rings.